The fraction of sp³-hybridized carbons (Fsp3) is 0.917. The van der Waals surface area contributed by atoms with Gasteiger partial charge in [0.15, 0.2) is 5.78 Å². The molecule has 0 aromatic rings. The van der Waals surface area contributed by atoms with Crippen molar-refractivity contribution < 1.29 is 9.53 Å². The smallest absolute Gasteiger partial charge is 0.170 e. The monoisotopic (exact) mass is 196 g/mol. The molecule has 2 rings (SSSR count). The van der Waals surface area contributed by atoms with Gasteiger partial charge in [-0.2, -0.15) is 0 Å². The van der Waals surface area contributed by atoms with Gasteiger partial charge < -0.3 is 4.74 Å². The highest BCUT2D eigenvalue weighted by Gasteiger charge is 2.64. The van der Waals surface area contributed by atoms with E-state index in [-0.39, 0.29) is 17.1 Å². The van der Waals surface area contributed by atoms with E-state index in [0.717, 1.165) is 19.3 Å². The first-order valence-corrected chi connectivity index (χ1v) is 5.74. The summed E-state index contributed by atoms with van der Waals surface area (Å²) in [6.45, 7) is 6.27. The molecule has 1 heterocycles. The standard InChI is InChI=1S/C12H20O2/c1-4-5-6-12-8-7-11(2,3)9(13)10(12)14-12/h10H,4-8H2,1-3H3. The molecule has 0 spiro atoms. The largest absolute Gasteiger partial charge is 0.358 e. The number of unbranched alkanes of at least 4 members (excludes halogenated alkanes) is 1. The number of carbonyl (C=O) groups is 1. The molecule has 0 bridgehead atoms. The molecule has 0 N–H and O–H groups in total. The van der Waals surface area contributed by atoms with E-state index in [1.807, 2.05) is 13.8 Å². The van der Waals surface area contributed by atoms with Crippen LogP contribution in [0.1, 0.15) is 52.9 Å². The summed E-state index contributed by atoms with van der Waals surface area (Å²) in [7, 11) is 0. The zero-order valence-corrected chi connectivity index (χ0v) is 9.43. The SMILES string of the molecule is CCCCC12CCC(C)(C)C(=O)C1O2. The number of ketones is 1. The summed E-state index contributed by atoms with van der Waals surface area (Å²) in [6, 6.07) is 0. The van der Waals surface area contributed by atoms with E-state index in [4.69, 9.17) is 4.74 Å². The number of hydrogen-bond acceptors (Lipinski definition) is 2. The third kappa shape index (κ3) is 1.40. The Labute approximate surface area is 86.0 Å². The van der Waals surface area contributed by atoms with Crippen molar-refractivity contribution in [1.82, 2.24) is 0 Å². The summed E-state index contributed by atoms with van der Waals surface area (Å²) in [6.07, 6.45) is 5.47. The van der Waals surface area contributed by atoms with E-state index in [9.17, 15) is 4.79 Å². The van der Waals surface area contributed by atoms with Crippen LogP contribution in [-0.4, -0.2) is 17.5 Å². The topological polar surface area (TPSA) is 29.6 Å². The van der Waals surface area contributed by atoms with Crippen molar-refractivity contribution >= 4 is 5.78 Å². The number of ether oxygens (including phenoxy) is 1. The maximum atomic E-state index is 11.9. The van der Waals surface area contributed by atoms with Crippen LogP contribution in [-0.2, 0) is 9.53 Å². The molecule has 1 aliphatic carbocycles. The second-order valence-corrected chi connectivity index (χ2v) is 5.41. The highest BCUT2D eigenvalue weighted by Crippen LogP contribution is 2.53. The average Bonchev–Trinajstić information content (AvgIpc) is 2.86. The molecule has 0 radical (unpaired) electrons. The van der Waals surface area contributed by atoms with Crippen LogP contribution in [0.5, 0.6) is 0 Å². The average molecular weight is 196 g/mol. The van der Waals surface area contributed by atoms with Crippen LogP contribution in [0, 0.1) is 5.41 Å². The molecule has 14 heavy (non-hydrogen) atoms. The molecule has 0 aromatic heterocycles. The summed E-state index contributed by atoms with van der Waals surface area (Å²) < 4.78 is 5.67. The molecule has 2 heteroatoms. The fourth-order valence-electron chi connectivity index (χ4n) is 2.48. The number of fused-ring (bicyclic) bond motifs is 1. The maximum absolute atomic E-state index is 11.9. The quantitative estimate of drug-likeness (QED) is 0.649. The van der Waals surface area contributed by atoms with Gasteiger partial charge in [-0.25, -0.2) is 0 Å². The molecule has 1 saturated heterocycles. The van der Waals surface area contributed by atoms with Gasteiger partial charge in [0.05, 0.1) is 0 Å². The lowest BCUT2D eigenvalue weighted by Gasteiger charge is -2.29. The summed E-state index contributed by atoms with van der Waals surface area (Å²) in [5.41, 5.74) is -0.167. The van der Waals surface area contributed by atoms with Crippen LogP contribution in [0.3, 0.4) is 0 Å². The predicted molar refractivity (Wildman–Crippen MR) is 55.2 cm³/mol. The number of Topliss-reactive ketones (excluding diaryl/α,β-unsaturated/α-hetero) is 1. The van der Waals surface area contributed by atoms with Crippen molar-refractivity contribution in [2.24, 2.45) is 5.41 Å². The number of hydrogen-bond donors (Lipinski definition) is 0. The molecule has 1 aliphatic heterocycles. The number of rotatable bonds is 3. The molecule has 2 atom stereocenters. The van der Waals surface area contributed by atoms with Gasteiger partial charge in [-0.1, -0.05) is 33.6 Å². The summed E-state index contributed by atoms with van der Waals surface area (Å²) in [5, 5.41) is 0. The minimum absolute atomic E-state index is 0.0252. The lowest BCUT2D eigenvalue weighted by Crippen LogP contribution is -2.38. The van der Waals surface area contributed by atoms with Gasteiger partial charge in [0.2, 0.25) is 0 Å². The molecule has 80 valence electrons. The van der Waals surface area contributed by atoms with E-state index in [1.165, 1.54) is 12.8 Å². The third-order valence-electron chi connectivity index (χ3n) is 3.81. The van der Waals surface area contributed by atoms with Gasteiger partial charge in [0.25, 0.3) is 0 Å². The van der Waals surface area contributed by atoms with Gasteiger partial charge >= 0.3 is 0 Å². The molecule has 0 aromatic carbocycles. The van der Waals surface area contributed by atoms with Crippen LogP contribution in [0.2, 0.25) is 0 Å². The van der Waals surface area contributed by atoms with Crippen molar-refractivity contribution in [2.75, 3.05) is 0 Å². The lowest BCUT2D eigenvalue weighted by atomic mass is 9.71. The van der Waals surface area contributed by atoms with Crippen LogP contribution in [0.4, 0.5) is 0 Å². The van der Waals surface area contributed by atoms with Crippen LogP contribution in [0.15, 0.2) is 0 Å². The number of epoxide rings is 1. The lowest BCUT2D eigenvalue weighted by molar-refractivity contribution is -0.129. The minimum Gasteiger partial charge on any atom is -0.358 e. The second-order valence-electron chi connectivity index (χ2n) is 5.41. The van der Waals surface area contributed by atoms with Gasteiger partial charge in [0.1, 0.15) is 11.7 Å². The van der Waals surface area contributed by atoms with E-state index in [0.29, 0.717) is 5.78 Å². The van der Waals surface area contributed by atoms with Gasteiger partial charge in [-0.3, -0.25) is 4.79 Å². The molecular weight excluding hydrogens is 176 g/mol. The van der Waals surface area contributed by atoms with Crippen LogP contribution >= 0.6 is 0 Å². The minimum atomic E-state index is -0.142. The summed E-state index contributed by atoms with van der Waals surface area (Å²) in [5.74, 6) is 0.333. The van der Waals surface area contributed by atoms with E-state index in [2.05, 4.69) is 6.92 Å². The molecule has 2 unspecified atom stereocenters. The molecule has 2 fully saturated rings. The highest BCUT2D eigenvalue weighted by molar-refractivity contribution is 5.92. The molecule has 2 nitrogen and oxygen atoms in total. The third-order valence-corrected chi connectivity index (χ3v) is 3.81. The van der Waals surface area contributed by atoms with Crippen LogP contribution < -0.4 is 0 Å². The maximum Gasteiger partial charge on any atom is 0.170 e. The van der Waals surface area contributed by atoms with Crippen molar-refractivity contribution in [1.29, 1.82) is 0 Å². The molecule has 1 saturated carbocycles. The Kier molecular flexibility index (Phi) is 2.22. The Morgan fingerprint density at radius 1 is 1.43 bits per heavy atom. The Morgan fingerprint density at radius 3 is 2.79 bits per heavy atom. The van der Waals surface area contributed by atoms with E-state index < -0.39 is 0 Å². The Hall–Kier alpha value is -0.370. The second kappa shape index (κ2) is 3.06. The van der Waals surface area contributed by atoms with Crippen LogP contribution in [0.25, 0.3) is 0 Å². The highest BCUT2D eigenvalue weighted by atomic mass is 16.6. The van der Waals surface area contributed by atoms with E-state index in [1.54, 1.807) is 0 Å². The first kappa shape index (κ1) is 10.2. The number of carbonyl (C=O) groups excluding carboxylic acids is 1. The normalized spacial score (nSPS) is 39.4. The molecule has 0 amide bonds. The Balaban J connectivity index is 2.01. The van der Waals surface area contributed by atoms with Crippen molar-refractivity contribution in [3.8, 4) is 0 Å². The molecular formula is C12H20O2. The first-order chi connectivity index (χ1) is 6.52. The zero-order valence-electron chi connectivity index (χ0n) is 9.43. The predicted octanol–water partition coefficient (Wildman–Crippen LogP) is 2.70. The Morgan fingerprint density at radius 2 is 2.14 bits per heavy atom. The van der Waals surface area contributed by atoms with Gasteiger partial charge in [-0.05, 0) is 19.3 Å². The van der Waals surface area contributed by atoms with Crippen molar-refractivity contribution in [2.45, 2.75) is 64.6 Å². The van der Waals surface area contributed by atoms with Crippen molar-refractivity contribution in [3.63, 3.8) is 0 Å². The summed E-state index contributed by atoms with van der Waals surface area (Å²) >= 11 is 0. The van der Waals surface area contributed by atoms with Gasteiger partial charge in [0, 0.05) is 5.41 Å². The zero-order chi connectivity index (χ0) is 10.4. The van der Waals surface area contributed by atoms with Gasteiger partial charge in [-0.15, -0.1) is 0 Å². The van der Waals surface area contributed by atoms with E-state index >= 15 is 0 Å². The summed E-state index contributed by atoms with van der Waals surface area (Å²) in [4.78, 5) is 11.9. The molecule has 2 aliphatic rings. The Bertz CT molecular complexity index is 257. The van der Waals surface area contributed by atoms with Crippen molar-refractivity contribution in [3.05, 3.63) is 0 Å². The first-order valence-electron chi connectivity index (χ1n) is 5.74. The fourth-order valence-corrected chi connectivity index (χ4v) is 2.48.